The predicted molar refractivity (Wildman–Crippen MR) is 158 cm³/mol. The number of nitrogens with zero attached hydrogens (tertiary/aromatic N) is 1. The third-order valence-corrected chi connectivity index (χ3v) is 8.70. The summed E-state index contributed by atoms with van der Waals surface area (Å²) in [5.74, 6) is -3.30. The van der Waals surface area contributed by atoms with Gasteiger partial charge >= 0.3 is 5.97 Å². The number of carbonyl (C=O) groups excluding carboxylic acids is 5. The SMILES string of the molecule is CC(=O)c1cccc(NC(=O)COC(=O)c2ccc(N3C(=O)[C@@H]4C5c6ccccc6C(c6ccccc65)[C@@H]4C3=O)cc2)c1. The Bertz CT molecular complexity index is 1730. The molecule has 0 radical (unpaired) electrons. The van der Waals surface area contributed by atoms with Crippen molar-refractivity contribution in [3.63, 3.8) is 0 Å². The van der Waals surface area contributed by atoms with Gasteiger partial charge in [0, 0.05) is 23.1 Å². The van der Waals surface area contributed by atoms with E-state index < -0.39 is 30.3 Å². The smallest absolute Gasteiger partial charge is 0.338 e. The molecular formula is C35H26N2O6. The lowest BCUT2D eigenvalue weighted by Gasteiger charge is -2.45. The van der Waals surface area contributed by atoms with Gasteiger partial charge in [-0.2, -0.15) is 0 Å². The highest BCUT2D eigenvalue weighted by atomic mass is 16.5. The number of imide groups is 1. The Labute approximate surface area is 247 Å². The van der Waals surface area contributed by atoms with E-state index in [1.807, 2.05) is 24.3 Å². The lowest BCUT2D eigenvalue weighted by atomic mass is 9.55. The molecule has 1 fully saturated rings. The highest BCUT2D eigenvalue weighted by Crippen LogP contribution is 2.61. The molecule has 2 bridgehead atoms. The van der Waals surface area contributed by atoms with Crippen molar-refractivity contribution in [3.8, 4) is 0 Å². The second-order valence-electron chi connectivity index (χ2n) is 11.1. The van der Waals surface area contributed by atoms with Crippen LogP contribution in [0.25, 0.3) is 0 Å². The maximum atomic E-state index is 13.9. The molecule has 8 rings (SSSR count). The minimum absolute atomic E-state index is 0.135. The fourth-order valence-corrected chi connectivity index (χ4v) is 6.91. The molecule has 43 heavy (non-hydrogen) atoms. The summed E-state index contributed by atoms with van der Waals surface area (Å²) in [6.07, 6.45) is 0. The second-order valence-corrected chi connectivity index (χ2v) is 11.1. The van der Waals surface area contributed by atoms with Gasteiger partial charge in [-0.3, -0.25) is 19.2 Å². The second kappa shape index (κ2) is 10.2. The number of ether oxygens (including phenoxy) is 1. The molecule has 0 unspecified atom stereocenters. The highest BCUT2D eigenvalue weighted by molar-refractivity contribution is 6.23. The molecule has 4 aromatic carbocycles. The van der Waals surface area contributed by atoms with Crippen LogP contribution in [0.2, 0.25) is 0 Å². The lowest BCUT2D eigenvalue weighted by molar-refractivity contribution is -0.122. The van der Waals surface area contributed by atoms with Crippen LogP contribution in [0.4, 0.5) is 11.4 Å². The van der Waals surface area contributed by atoms with Gasteiger partial charge in [0.05, 0.1) is 23.1 Å². The summed E-state index contributed by atoms with van der Waals surface area (Å²) in [6.45, 7) is 0.903. The maximum absolute atomic E-state index is 13.9. The van der Waals surface area contributed by atoms with E-state index in [1.54, 1.807) is 36.4 Å². The number of amides is 3. The average Bonchev–Trinajstić information content (AvgIpc) is 3.30. The fraction of sp³-hybridized carbons (Fsp3) is 0.171. The molecule has 1 N–H and O–H groups in total. The zero-order valence-electron chi connectivity index (χ0n) is 23.2. The molecule has 1 heterocycles. The molecule has 1 saturated heterocycles. The number of anilines is 2. The third-order valence-electron chi connectivity index (χ3n) is 8.70. The number of hydrogen-bond donors (Lipinski definition) is 1. The van der Waals surface area contributed by atoms with Gasteiger partial charge in [0.15, 0.2) is 12.4 Å². The van der Waals surface area contributed by atoms with Crippen LogP contribution in [0.5, 0.6) is 0 Å². The molecule has 8 nitrogen and oxygen atoms in total. The normalized spacial score (nSPS) is 21.1. The van der Waals surface area contributed by atoms with Gasteiger partial charge in [-0.25, -0.2) is 9.69 Å². The molecule has 2 atom stereocenters. The Morgan fingerprint density at radius 3 is 1.74 bits per heavy atom. The summed E-state index contributed by atoms with van der Waals surface area (Å²) in [5, 5.41) is 2.60. The maximum Gasteiger partial charge on any atom is 0.338 e. The van der Waals surface area contributed by atoms with Crippen molar-refractivity contribution in [3.05, 3.63) is 130 Å². The van der Waals surface area contributed by atoms with Crippen LogP contribution in [-0.4, -0.2) is 36.1 Å². The van der Waals surface area contributed by atoms with Crippen molar-refractivity contribution in [2.45, 2.75) is 18.8 Å². The summed E-state index contributed by atoms with van der Waals surface area (Å²) < 4.78 is 5.17. The van der Waals surface area contributed by atoms with E-state index in [4.69, 9.17) is 4.74 Å². The Morgan fingerprint density at radius 1 is 0.698 bits per heavy atom. The first-order chi connectivity index (χ1) is 20.8. The van der Waals surface area contributed by atoms with Crippen molar-refractivity contribution < 1.29 is 28.7 Å². The summed E-state index contributed by atoms with van der Waals surface area (Å²) in [4.78, 5) is 65.6. The van der Waals surface area contributed by atoms with Gasteiger partial charge < -0.3 is 10.1 Å². The minimum Gasteiger partial charge on any atom is -0.452 e. The fourth-order valence-electron chi connectivity index (χ4n) is 6.91. The Morgan fingerprint density at radius 2 is 1.23 bits per heavy atom. The summed E-state index contributed by atoms with van der Waals surface area (Å²) >= 11 is 0. The molecular weight excluding hydrogens is 544 g/mol. The van der Waals surface area contributed by atoms with Crippen molar-refractivity contribution in [2.75, 3.05) is 16.8 Å². The Hall–Kier alpha value is -5.37. The first kappa shape index (κ1) is 26.5. The van der Waals surface area contributed by atoms with Gasteiger partial charge in [0.1, 0.15) is 0 Å². The quantitative estimate of drug-likeness (QED) is 0.197. The van der Waals surface area contributed by atoms with Gasteiger partial charge in [0.2, 0.25) is 11.8 Å². The van der Waals surface area contributed by atoms with E-state index >= 15 is 0 Å². The molecule has 3 amide bonds. The number of ketones is 1. The predicted octanol–water partition coefficient (Wildman–Crippen LogP) is 5.08. The first-order valence-corrected chi connectivity index (χ1v) is 14.1. The van der Waals surface area contributed by atoms with E-state index in [2.05, 4.69) is 29.6 Å². The van der Waals surface area contributed by atoms with E-state index in [0.29, 0.717) is 16.9 Å². The van der Waals surface area contributed by atoms with Crippen LogP contribution in [0.3, 0.4) is 0 Å². The van der Waals surface area contributed by atoms with E-state index in [9.17, 15) is 24.0 Å². The average molecular weight is 571 g/mol. The molecule has 0 aromatic heterocycles. The molecule has 4 aliphatic rings. The van der Waals surface area contributed by atoms with Crippen LogP contribution in [0.15, 0.2) is 97.1 Å². The third kappa shape index (κ3) is 4.25. The molecule has 3 aliphatic carbocycles. The van der Waals surface area contributed by atoms with E-state index in [0.717, 1.165) is 22.3 Å². The van der Waals surface area contributed by atoms with Crippen LogP contribution < -0.4 is 10.2 Å². The lowest BCUT2D eigenvalue weighted by Crippen LogP contribution is -2.41. The highest BCUT2D eigenvalue weighted by Gasteiger charge is 2.61. The number of nitrogens with one attached hydrogen (secondary N) is 1. The van der Waals surface area contributed by atoms with Gasteiger partial charge in [-0.15, -0.1) is 0 Å². The Balaban J connectivity index is 1.07. The molecule has 0 saturated carbocycles. The standard InChI is InChI=1S/C35H26N2O6/c1-19(38)21-7-6-8-22(17-21)36-28(39)18-43-35(42)20-13-15-23(16-14-20)37-33(40)31-29-24-9-2-3-10-25(24)30(32(31)34(37)41)27-12-5-4-11-26(27)29/h2-17,29-32H,18H2,1H3,(H,36,39)/t29?,30?,31-,32+. The summed E-state index contributed by atoms with van der Waals surface area (Å²) in [6, 6.07) is 28.7. The summed E-state index contributed by atoms with van der Waals surface area (Å²) in [7, 11) is 0. The van der Waals surface area contributed by atoms with Crippen LogP contribution in [-0.2, 0) is 19.1 Å². The molecule has 212 valence electrons. The molecule has 0 spiro atoms. The van der Waals surface area contributed by atoms with Gasteiger partial charge in [-0.05, 0) is 65.6 Å². The van der Waals surface area contributed by atoms with Crippen LogP contribution in [0, 0.1) is 11.8 Å². The van der Waals surface area contributed by atoms with Gasteiger partial charge in [-0.1, -0.05) is 60.7 Å². The van der Waals surface area contributed by atoms with Crippen LogP contribution >= 0.6 is 0 Å². The van der Waals surface area contributed by atoms with Crippen LogP contribution in [0.1, 0.15) is 61.7 Å². The van der Waals surface area contributed by atoms with Crippen molar-refractivity contribution in [1.29, 1.82) is 0 Å². The summed E-state index contributed by atoms with van der Waals surface area (Å²) in [5.41, 5.74) is 5.83. The van der Waals surface area contributed by atoms with Crippen molar-refractivity contribution in [2.24, 2.45) is 11.8 Å². The number of benzene rings is 4. The zero-order valence-corrected chi connectivity index (χ0v) is 23.2. The number of esters is 1. The number of rotatable bonds is 6. The van der Waals surface area contributed by atoms with Crippen molar-refractivity contribution in [1.82, 2.24) is 0 Å². The number of Topliss-reactive ketones (excluding diaryl/α,β-unsaturated/α-hetero) is 1. The monoisotopic (exact) mass is 570 g/mol. The minimum atomic E-state index is -0.726. The Kier molecular flexibility index (Phi) is 6.27. The van der Waals surface area contributed by atoms with E-state index in [1.165, 1.54) is 24.0 Å². The number of hydrogen-bond acceptors (Lipinski definition) is 6. The molecule has 8 heteroatoms. The largest absolute Gasteiger partial charge is 0.452 e. The molecule has 4 aromatic rings. The van der Waals surface area contributed by atoms with Gasteiger partial charge in [0.25, 0.3) is 5.91 Å². The topological polar surface area (TPSA) is 110 Å². The molecule has 1 aliphatic heterocycles. The van der Waals surface area contributed by atoms with Crippen molar-refractivity contribution >= 4 is 40.8 Å². The zero-order chi connectivity index (χ0) is 29.8. The first-order valence-electron chi connectivity index (χ1n) is 14.1. The number of carbonyl (C=O) groups is 5. The van der Waals surface area contributed by atoms with E-state index in [-0.39, 0.29) is 35.0 Å².